The van der Waals surface area contributed by atoms with Crippen LogP contribution in [0.4, 0.5) is 0 Å². The van der Waals surface area contributed by atoms with Crippen molar-refractivity contribution in [2.75, 3.05) is 0 Å². The summed E-state index contributed by atoms with van der Waals surface area (Å²) in [7, 11) is 0. The van der Waals surface area contributed by atoms with Crippen LogP contribution in [0.15, 0.2) is 22.9 Å². The summed E-state index contributed by atoms with van der Waals surface area (Å²) in [6.45, 7) is 3.62. The summed E-state index contributed by atoms with van der Waals surface area (Å²) < 4.78 is 0. The van der Waals surface area contributed by atoms with Crippen molar-refractivity contribution >= 4 is 11.7 Å². The monoisotopic (exact) mass is 177 g/mol. The molecule has 0 aromatic rings. The normalized spacial score (nSPS) is 27.2. The Bertz CT molecular complexity index is 363. The van der Waals surface area contributed by atoms with E-state index in [0.29, 0.717) is 6.42 Å². The summed E-state index contributed by atoms with van der Waals surface area (Å²) in [6.07, 6.45) is 2.21. The zero-order valence-corrected chi connectivity index (χ0v) is 7.68. The van der Waals surface area contributed by atoms with E-state index in [0.717, 1.165) is 16.8 Å². The molecule has 0 aromatic heterocycles. The highest BCUT2D eigenvalue weighted by Crippen LogP contribution is 2.32. The number of allylic oxidation sites excluding steroid dienone is 3. The van der Waals surface area contributed by atoms with Gasteiger partial charge in [0, 0.05) is 12.1 Å². The van der Waals surface area contributed by atoms with Gasteiger partial charge in [0.15, 0.2) is 5.78 Å². The number of nitrogens with one attached hydrogen (secondary N) is 1. The maximum Gasteiger partial charge on any atom is 0.231 e. The molecule has 3 heteroatoms. The summed E-state index contributed by atoms with van der Waals surface area (Å²) in [6, 6.07) is 0. The van der Waals surface area contributed by atoms with Crippen molar-refractivity contribution in [2.45, 2.75) is 20.3 Å². The van der Waals surface area contributed by atoms with Gasteiger partial charge in [-0.05, 0) is 25.0 Å². The van der Waals surface area contributed by atoms with Gasteiger partial charge in [-0.1, -0.05) is 6.08 Å². The predicted octanol–water partition coefficient (Wildman–Crippen LogP) is 0.925. The molecule has 0 aromatic carbocycles. The molecule has 1 unspecified atom stereocenters. The Morgan fingerprint density at radius 2 is 2.15 bits per heavy atom. The van der Waals surface area contributed by atoms with Crippen LogP contribution in [-0.2, 0) is 9.59 Å². The third kappa shape index (κ3) is 1.03. The lowest BCUT2D eigenvalue weighted by Crippen LogP contribution is -2.16. The average Bonchev–Trinajstić information content (AvgIpc) is 2.37. The van der Waals surface area contributed by atoms with Gasteiger partial charge >= 0.3 is 0 Å². The standard InChI is InChI=1S/C10H11NO2/c1-5-8(12)4-3-7-9(5)6(2)10(13)11-7/h3,6H,4H2,1-2H3,(H,11,13). The molecule has 1 heterocycles. The molecule has 0 radical (unpaired) electrons. The highest BCUT2D eigenvalue weighted by molar-refractivity contribution is 6.03. The Hall–Kier alpha value is -1.38. The van der Waals surface area contributed by atoms with E-state index in [1.807, 2.05) is 6.92 Å². The van der Waals surface area contributed by atoms with E-state index < -0.39 is 0 Å². The fraction of sp³-hybridized carbons (Fsp3) is 0.400. The number of hydrogen-bond donors (Lipinski definition) is 1. The number of fused-ring (bicyclic) bond motifs is 1. The minimum absolute atomic E-state index is 0.00435. The predicted molar refractivity (Wildman–Crippen MR) is 47.7 cm³/mol. The van der Waals surface area contributed by atoms with Crippen LogP contribution >= 0.6 is 0 Å². The molecule has 1 saturated heterocycles. The van der Waals surface area contributed by atoms with Gasteiger partial charge in [0.25, 0.3) is 0 Å². The molecule has 13 heavy (non-hydrogen) atoms. The highest BCUT2D eigenvalue weighted by Gasteiger charge is 2.34. The molecule has 1 fully saturated rings. The fourth-order valence-electron chi connectivity index (χ4n) is 1.86. The van der Waals surface area contributed by atoms with E-state index in [4.69, 9.17) is 0 Å². The smallest absolute Gasteiger partial charge is 0.231 e. The summed E-state index contributed by atoms with van der Waals surface area (Å²) in [5.41, 5.74) is 2.47. The van der Waals surface area contributed by atoms with E-state index in [1.54, 1.807) is 13.0 Å². The molecule has 1 N–H and O–H groups in total. The van der Waals surface area contributed by atoms with Crippen molar-refractivity contribution in [1.82, 2.24) is 5.32 Å². The van der Waals surface area contributed by atoms with E-state index in [1.165, 1.54) is 0 Å². The Balaban J connectivity index is 2.54. The van der Waals surface area contributed by atoms with Crippen LogP contribution < -0.4 is 5.32 Å². The number of carbonyl (C=O) groups is 2. The van der Waals surface area contributed by atoms with Gasteiger partial charge in [0.2, 0.25) is 5.91 Å². The lowest BCUT2D eigenvalue weighted by molar-refractivity contribution is -0.121. The molecule has 0 saturated carbocycles. The topological polar surface area (TPSA) is 46.2 Å². The zero-order chi connectivity index (χ0) is 9.59. The van der Waals surface area contributed by atoms with Crippen LogP contribution in [0.3, 0.4) is 0 Å². The van der Waals surface area contributed by atoms with Crippen molar-refractivity contribution in [2.24, 2.45) is 5.92 Å². The third-order valence-corrected chi connectivity index (χ3v) is 2.69. The average molecular weight is 177 g/mol. The Kier molecular flexibility index (Phi) is 1.62. The molecular weight excluding hydrogens is 166 g/mol. The second-order valence-electron chi connectivity index (χ2n) is 3.49. The Morgan fingerprint density at radius 1 is 1.46 bits per heavy atom. The quantitative estimate of drug-likeness (QED) is 0.598. The summed E-state index contributed by atoms with van der Waals surface area (Å²) in [5.74, 6) is -0.0482. The van der Waals surface area contributed by atoms with E-state index in [-0.39, 0.29) is 17.6 Å². The minimum atomic E-state index is -0.171. The molecule has 68 valence electrons. The molecule has 2 aliphatic rings. The first-order chi connectivity index (χ1) is 6.11. The molecule has 1 atom stereocenters. The first-order valence-electron chi connectivity index (χ1n) is 4.36. The molecule has 0 spiro atoms. The van der Waals surface area contributed by atoms with E-state index in [9.17, 15) is 9.59 Å². The van der Waals surface area contributed by atoms with Gasteiger partial charge in [-0.3, -0.25) is 9.59 Å². The largest absolute Gasteiger partial charge is 0.326 e. The van der Waals surface area contributed by atoms with E-state index in [2.05, 4.69) is 5.32 Å². The number of hydrogen-bond acceptors (Lipinski definition) is 2. The van der Waals surface area contributed by atoms with Crippen molar-refractivity contribution < 1.29 is 9.59 Å². The maximum atomic E-state index is 11.3. The third-order valence-electron chi connectivity index (χ3n) is 2.69. The van der Waals surface area contributed by atoms with Crippen LogP contribution in [0.1, 0.15) is 20.3 Å². The lowest BCUT2D eigenvalue weighted by Gasteiger charge is -2.12. The number of amides is 1. The van der Waals surface area contributed by atoms with Gasteiger partial charge < -0.3 is 5.32 Å². The first-order valence-corrected chi connectivity index (χ1v) is 4.36. The highest BCUT2D eigenvalue weighted by atomic mass is 16.2. The molecule has 1 aliphatic carbocycles. The molecule has 1 aliphatic heterocycles. The van der Waals surface area contributed by atoms with Crippen molar-refractivity contribution in [3.63, 3.8) is 0 Å². The minimum Gasteiger partial charge on any atom is -0.326 e. The number of Topliss-reactive ketones (excluding diaryl/α,β-unsaturated/α-hetero) is 1. The molecule has 1 amide bonds. The Morgan fingerprint density at radius 3 is 2.85 bits per heavy atom. The Labute approximate surface area is 76.5 Å². The molecule has 3 nitrogen and oxygen atoms in total. The van der Waals surface area contributed by atoms with Crippen LogP contribution in [0, 0.1) is 5.92 Å². The van der Waals surface area contributed by atoms with Crippen molar-refractivity contribution in [3.8, 4) is 0 Å². The molecule has 2 rings (SSSR count). The van der Waals surface area contributed by atoms with Gasteiger partial charge in [0.05, 0.1) is 5.92 Å². The van der Waals surface area contributed by atoms with Gasteiger partial charge in [-0.25, -0.2) is 0 Å². The van der Waals surface area contributed by atoms with Crippen LogP contribution in [0.2, 0.25) is 0 Å². The number of rotatable bonds is 0. The van der Waals surface area contributed by atoms with Gasteiger partial charge in [-0.15, -0.1) is 0 Å². The second kappa shape index (κ2) is 2.55. The van der Waals surface area contributed by atoms with Crippen LogP contribution in [-0.4, -0.2) is 11.7 Å². The number of ketones is 1. The van der Waals surface area contributed by atoms with E-state index >= 15 is 0 Å². The van der Waals surface area contributed by atoms with Crippen molar-refractivity contribution in [3.05, 3.63) is 22.9 Å². The SMILES string of the molecule is CC1=C2C(=CCC1=O)NC(=O)C2C. The first kappa shape index (κ1) is 8.23. The van der Waals surface area contributed by atoms with Gasteiger partial charge in [-0.2, -0.15) is 0 Å². The number of carbonyl (C=O) groups excluding carboxylic acids is 2. The maximum absolute atomic E-state index is 11.3. The molecule has 0 bridgehead atoms. The second-order valence-corrected chi connectivity index (χ2v) is 3.49. The van der Waals surface area contributed by atoms with Crippen molar-refractivity contribution in [1.29, 1.82) is 0 Å². The van der Waals surface area contributed by atoms with Gasteiger partial charge in [0.1, 0.15) is 0 Å². The lowest BCUT2D eigenvalue weighted by atomic mass is 9.90. The van der Waals surface area contributed by atoms with Crippen LogP contribution in [0.25, 0.3) is 0 Å². The summed E-state index contributed by atoms with van der Waals surface area (Å²) >= 11 is 0. The summed E-state index contributed by atoms with van der Waals surface area (Å²) in [4.78, 5) is 22.6. The fourth-order valence-corrected chi connectivity index (χ4v) is 1.86. The van der Waals surface area contributed by atoms with Crippen LogP contribution in [0.5, 0.6) is 0 Å². The molecular formula is C10H11NO2. The summed E-state index contributed by atoms with van der Waals surface area (Å²) in [5, 5.41) is 2.77. The zero-order valence-electron chi connectivity index (χ0n) is 7.68.